The van der Waals surface area contributed by atoms with Gasteiger partial charge in [-0.25, -0.2) is 0 Å². The minimum absolute atomic E-state index is 0.271. The Morgan fingerprint density at radius 2 is 0.945 bits per heavy atom. The third-order valence-corrected chi connectivity index (χ3v) is 10.4. The zero-order valence-electron chi connectivity index (χ0n) is 30.0. The van der Waals surface area contributed by atoms with Gasteiger partial charge in [0.15, 0.2) is 0 Å². The molecule has 2 unspecified atom stereocenters. The van der Waals surface area contributed by atoms with Gasteiger partial charge in [-0.05, 0) is 104 Å². The summed E-state index contributed by atoms with van der Waals surface area (Å²) >= 11 is 0. The zero-order valence-corrected chi connectivity index (χ0v) is 30.0. The van der Waals surface area contributed by atoms with Crippen LogP contribution in [0.15, 0.2) is 210 Å². The molecular weight excluding hydrogens is 671 g/mol. The van der Waals surface area contributed by atoms with E-state index in [2.05, 4.69) is 181 Å². The van der Waals surface area contributed by atoms with E-state index in [9.17, 15) is 0 Å². The third-order valence-electron chi connectivity index (χ3n) is 10.4. The second-order valence-electron chi connectivity index (χ2n) is 14.0. The molecule has 0 aliphatic carbocycles. The maximum Gasteiger partial charge on any atom is 0.136 e. The van der Waals surface area contributed by atoms with Crippen molar-refractivity contribution >= 4 is 27.8 Å². The van der Waals surface area contributed by atoms with Crippen LogP contribution < -0.4 is 5.32 Å². The van der Waals surface area contributed by atoms with Crippen LogP contribution >= 0.6 is 0 Å². The summed E-state index contributed by atoms with van der Waals surface area (Å²) in [7, 11) is 0. The Kier molecular flexibility index (Phi) is 8.36. The molecule has 1 aromatic heterocycles. The molecule has 0 saturated carbocycles. The molecule has 2 atom stereocenters. The second-order valence-corrected chi connectivity index (χ2v) is 14.0. The first-order valence-corrected chi connectivity index (χ1v) is 18.7. The Hall–Kier alpha value is -7.01. The van der Waals surface area contributed by atoms with Crippen molar-refractivity contribution in [3.05, 3.63) is 222 Å². The normalized spacial score (nSPS) is 15.5. The fourth-order valence-corrected chi connectivity index (χ4v) is 7.73. The van der Waals surface area contributed by atoms with Crippen LogP contribution in [0.5, 0.6) is 0 Å². The molecule has 1 aliphatic rings. The van der Waals surface area contributed by atoms with Crippen molar-refractivity contribution in [1.82, 2.24) is 5.32 Å². The van der Waals surface area contributed by atoms with E-state index in [1.54, 1.807) is 0 Å². The molecular formula is C51H36N3O-. The van der Waals surface area contributed by atoms with Gasteiger partial charge in [-0.3, -0.25) is 0 Å². The highest BCUT2D eigenvalue weighted by molar-refractivity contribution is 6.17. The smallest absolute Gasteiger partial charge is 0.136 e. The molecule has 0 fully saturated rings. The molecule has 4 nitrogen and oxygen atoms in total. The number of fused-ring (bicyclic) bond motifs is 3. The highest BCUT2D eigenvalue weighted by Crippen LogP contribution is 2.42. The van der Waals surface area contributed by atoms with Crippen LogP contribution in [0.3, 0.4) is 0 Å². The molecule has 9 aromatic rings. The zero-order chi connectivity index (χ0) is 36.6. The number of amidine groups is 1. The van der Waals surface area contributed by atoms with E-state index in [4.69, 9.17) is 14.7 Å². The van der Waals surface area contributed by atoms with Crippen molar-refractivity contribution < 1.29 is 4.42 Å². The Morgan fingerprint density at radius 3 is 1.62 bits per heavy atom. The summed E-state index contributed by atoms with van der Waals surface area (Å²) in [4.78, 5) is 5.23. The van der Waals surface area contributed by atoms with Crippen molar-refractivity contribution in [3.8, 4) is 44.5 Å². The summed E-state index contributed by atoms with van der Waals surface area (Å²) in [6.45, 7) is 0. The van der Waals surface area contributed by atoms with Gasteiger partial charge in [0.05, 0.1) is 0 Å². The number of rotatable bonds is 7. The van der Waals surface area contributed by atoms with Gasteiger partial charge in [0.1, 0.15) is 11.2 Å². The van der Waals surface area contributed by atoms with Gasteiger partial charge in [-0.15, -0.1) is 0 Å². The Morgan fingerprint density at radius 1 is 0.418 bits per heavy atom. The van der Waals surface area contributed by atoms with Crippen molar-refractivity contribution in [2.45, 2.75) is 12.3 Å². The maximum atomic E-state index is 6.60. The Bertz CT molecular complexity index is 2750. The predicted molar refractivity (Wildman–Crippen MR) is 227 cm³/mol. The van der Waals surface area contributed by atoms with E-state index in [-0.39, 0.29) is 12.3 Å². The molecule has 0 bridgehead atoms. The van der Waals surface area contributed by atoms with Crippen LogP contribution in [0.25, 0.3) is 71.8 Å². The van der Waals surface area contributed by atoms with E-state index < -0.39 is 0 Å². The minimum Gasteiger partial charge on any atom is -0.456 e. The van der Waals surface area contributed by atoms with E-state index in [0.29, 0.717) is 5.84 Å². The number of nitrogens with one attached hydrogen (secondary N) is 1. The lowest BCUT2D eigenvalue weighted by Gasteiger charge is -2.40. The first kappa shape index (κ1) is 32.6. The van der Waals surface area contributed by atoms with E-state index in [0.717, 1.165) is 60.9 Å². The second kappa shape index (κ2) is 14.1. The van der Waals surface area contributed by atoms with Crippen LogP contribution in [0, 0.1) is 0 Å². The number of benzene rings is 8. The SMILES string of the molecule is c1ccc(-c2cc(-c3ccccc3)cc(-c3cccc(-c4cc(C5=NC(c6ccccc6)NC(c6ccccc6)[N-]5)cc5oc6ccccc6c45)c3)c2)cc1. The Labute approximate surface area is 320 Å². The van der Waals surface area contributed by atoms with Gasteiger partial charge < -0.3 is 20.0 Å². The molecule has 8 aromatic carbocycles. The van der Waals surface area contributed by atoms with Crippen molar-refractivity contribution in [2.24, 2.45) is 4.99 Å². The number of aliphatic imine (C=N–C) groups is 1. The van der Waals surface area contributed by atoms with Crippen LogP contribution in [0.2, 0.25) is 0 Å². The molecule has 2 heterocycles. The number of para-hydroxylation sites is 1. The minimum atomic E-state index is -0.271. The standard InChI is InChI=1S/C51H36N3O/c1-5-16-34(17-6-1)40-29-41(35-18-7-2-8-19-35)31-42(30-40)38-24-15-25-39(28-38)45-32-43(33-47-48(45)44-26-13-14-27-46(44)55-47)51-53-49(36-20-9-3-10-21-36)52-50(54-51)37-22-11-4-12-23-37/h1-33,49-50,52H/q-1. The third kappa shape index (κ3) is 6.39. The molecule has 0 saturated heterocycles. The van der Waals surface area contributed by atoms with Crippen molar-refractivity contribution in [2.75, 3.05) is 0 Å². The summed E-state index contributed by atoms with van der Waals surface area (Å²) in [5, 5.41) is 11.1. The molecule has 0 radical (unpaired) electrons. The molecule has 0 spiro atoms. The lowest BCUT2D eigenvalue weighted by Crippen LogP contribution is -2.31. The lowest BCUT2D eigenvalue weighted by atomic mass is 9.91. The fourth-order valence-electron chi connectivity index (χ4n) is 7.73. The first-order valence-electron chi connectivity index (χ1n) is 18.7. The first-order chi connectivity index (χ1) is 27.2. The number of hydrogen-bond acceptors (Lipinski definition) is 3. The van der Waals surface area contributed by atoms with Gasteiger partial charge in [0, 0.05) is 23.1 Å². The number of furan rings is 1. The van der Waals surface area contributed by atoms with Crippen LogP contribution in [0.1, 0.15) is 29.0 Å². The van der Waals surface area contributed by atoms with Crippen molar-refractivity contribution in [1.29, 1.82) is 0 Å². The molecule has 0 amide bonds. The average Bonchev–Trinajstić information content (AvgIpc) is 3.66. The number of nitrogens with zero attached hydrogens (tertiary/aromatic N) is 2. The quantitative estimate of drug-likeness (QED) is 0.179. The highest BCUT2D eigenvalue weighted by Gasteiger charge is 2.21. The van der Waals surface area contributed by atoms with Gasteiger partial charge in [-0.2, -0.15) is 0 Å². The van der Waals surface area contributed by atoms with E-state index in [1.165, 1.54) is 22.3 Å². The monoisotopic (exact) mass is 706 g/mol. The van der Waals surface area contributed by atoms with Crippen LogP contribution in [-0.2, 0) is 0 Å². The molecule has 1 N–H and O–H groups in total. The lowest BCUT2D eigenvalue weighted by molar-refractivity contribution is 0.488. The summed E-state index contributed by atoms with van der Waals surface area (Å²) in [5.41, 5.74) is 13.9. The Balaban J connectivity index is 1.14. The molecule has 1 aliphatic heterocycles. The average molecular weight is 707 g/mol. The van der Waals surface area contributed by atoms with Gasteiger partial charge in [0.25, 0.3) is 0 Å². The molecule has 10 rings (SSSR count). The summed E-state index contributed by atoms with van der Waals surface area (Å²) in [6, 6.07) is 70.4. The fraction of sp³-hybridized carbons (Fsp3) is 0.0392. The number of hydrogen-bond donors (Lipinski definition) is 1. The van der Waals surface area contributed by atoms with Crippen LogP contribution in [0.4, 0.5) is 0 Å². The molecule has 4 heteroatoms. The van der Waals surface area contributed by atoms with Gasteiger partial charge >= 0.3 is 0 Å². The molecule has 55 heavy (non-hydrogen) atoms. The summed E-state index contributed by atoms with van der Waals surface area (Å²) in [5.74, 6) is 0.685. The highest BCUT2D eigenvalue weighted by atomic mass is 16.3. The van der Waals surface area contributed by atoms with E-state index in [1.807, 2.05) is 24.3 Å². The largest absolute Gasteiger partial charge is 0.456 e. The summed E-state index contributed by atoms with van der Waals surface area (Å²) in [6.07, 6.45) is -0.541. The van der Waals surface area contributed by atoms with Crippen LogP contribution in [-0.4, -0.2) is 5.84 Å². The molecule has 262 valence electrons. The maximum absolute atomic E-state index is 6.60. The summed E-state index contributed by atoms with van der Waals surface area (Å²) < 4.78 is 6.60. The topological polar surface area (TPSA) is 51.6 Å². The van der Waals surface area contributed by atoms with E-state index >= 15 is 0 Å². The van der Waals surface area contributed by atoms with Gasteiger partial charge in [0.2, 0.25) is 0 Å². The van der Waals surface area contributed by atoms with Gasteiger partial charge in [-0.1, -0.05) is 164 Å². The predicted octanol–water partition coefficient (Wildman–Crippen LogP) is 13.4. The van der Waals surface area contributed by atoms with Crippen molar-refractivity contribution in [3.63, 3.8) is 0 Å².